The molecule has 1 rings (SSSR count). The molecule has 0 fully saturated rings. The van der Waals surface area contributed by atoms with Crippen LogP contribution in [-0.4, -0.2) is 11.6 Å². The van der Waals surface area contributed by atoms with E-state index in [2.05, 4.69) is 6.92 Å². The average Bonchev–Trinajstić information content (AvgIpc) is 2.71. The van der Waals surface area contributed by atoms with Crippen LogP contribution in [0.25, 0.3) is 0 Å². The third-order valence-electron chi connectivity index (χ3n) is 2.57. The molecule has 2 nitrogen and oxygen atoms in total. The third-order valence-corrected chi connectivity index (χ3v) is 3.56. The topological polar surface area (TPSA) is 26.3 Å². The smallest absolute Gasteiger partial charge is 0.339 e. The van der Waals surface area contributed by atoms with Crippen LogP contribution < -0.4 is 0 Å². The summed E-state index contributed by atoms with van der Waals surface area (Å²) >= 11 is 1.66. The molecule has 0 saturated carbocycles. The van der Waals surface area contributed by atoms with Crippen LogP contribution in [0.5, 0.6) is 0 Å². The van der Waals surface area contributed by atoms with E-state index in [1.165, 1.54) is 30.6 Å². The van der Waals surface area contributed by atoms with Crippen molar-refractivity contribution in [1.29, 1.82) is 0 Å². The Kier molecular flexibility index (Phi) is 5.86. The summed E-state index contributed by atoms with van der Waals surface area (Å²) in [5.74, 6) is -0.210. The van der Waals surface area contributed by atoms with Gasteiger partial charge in [-0.2, -0.15) is 0 Å². The highest BCUT2D eigenvalue weighted by molar-refractivity contribution is 7.10. The minimum Gasteiger partial charge on any atom is -0.456 e. The number of esters is 1. The molecule has 1 aromatic rings. The van der Waals surface area contributed by atoms with Crippen LogP contribution in [0.2, 0.25) is 0 Å². The van der Waals surface area contributed by atoms with Gasteiger partial charge in [0.05, 0.1) is 5.56 Å². The van der Waals surface area contributed by atoms with Crippen molar-refractivity contribution in [3.8, 4) is 0 Å². The quantitative estimate of drug-likeness (QED) is 0.546. The Bertz CT molecular complexity index is 374. The second-order valence-corrected chi connectivity index (χ2v) is 6.61. The molecule has 0 saturated heterocycles. The molecular weight excluding hydrogens is 244 g/mol. The van der Waals surface area contributed by atoms with Crippen molar-refractivity contribution in [2.75, 3.05) is 0 Å². The largest absolute Gasteiger partial charge is 0.456 e. The first-order chi connectivity index (χ1) is 8.42. The van der Waals surface area contributed by atoms with Crippen molar-refractivity contribution in [3.05, 3.63) is 21.9 Å². The lowest BCUT2D eigenvalue weighted by molar-refractivity contribution is 0.00701. The zero-order chi connectivity index (χ0) is 13.6. The number of carbonyl (C=O) groups is 1. The lowest BCUT2D eigenvalue weighted by Gasteiger charge is -2.18. The lowest BCUT2D eigenvalue weighted by atomic mass is 10.1. The minimum atomic E-state index is -0.416. The molecule has 0 N–H and O–H groups in total. The Morgan fingerprint density at radius 2 is 2.00 bits per heavy atom. The fraction of sp³-hybridized carbons (Fsp3) is 0.667. The van der Waals surface area contributed by atoms with Crippen LogP contribution in [-0.2, 0) is 11.2 Å². The maximum atomic E-state index is 11.8. The van der Waals surface area contributed by atoms with Gasteiger partial charge in [-0.15, -0.1) is 11.3 Å². The zero-order valence-corrected chi connectivity index (χ0v) is 12.7. The molecule has 0 aliphatic carbocycles. The van der Waals surface area contributed by atoms with Gasteiger partial charge in [0.2, 0.25) is 0 Å². The second kappa shape index (κ2) is 6.93. The predicted octanol–water partition coefficient (Wildman–Crippen LogP) is 4.83. The van der Waals surface area contributed by atoms with Crippen LogP contribution in [0, 0.1) is 0 Å². The maximum Gasteiger partial charge on any atom is 0.339 e. The molecule has 0 atom stereocenters. The highest BCUT2D eigenvalue weighted by Crippen LogP contribution is 2.20. The molecule has 102 valence electrons. The Hall–Kier alpha value is -0.830. The van der Waals surface area contributed by atoms with Crippen molar-refractivity contribution in [3.63, 3.8) is 0 Å². The third kappa shape index (κ3) is 5.67. The molecule has 0 radical (unpaired) electrons. The van der Waals surface area contributed by atoms with Crippen molar-refractivity contribution in [2.45, 2.75) is 65.4 Å². The summed E-state index contributed by atoms with van der Waals surface area (Å²) in [5, 5.41) is 1.91. The number of unbranched alkanes of at least 4 members (excludes halogenated alkanes) is 3. The van der Waals surface area contributed by atoms with Gasteiger partial charge >= 0.3 is 5.97 Å². The van der Waals surface area contributed by atoms with Gasteiger partial charge in [-0.3, -0.25) is 0 Å². The molecule has 1 heterocycles. The Morgan fingerprint density at radius 1 is 1.28 bits per heavy atom. The van der Waals surface area contributed by atoms with Crippen molar-refractivity contribution in [2.24, 2.45) is 0 Å². The zero-order valence-electron chi connectivity index (χ0n) is 11.9. The molecule has 0 spiro atoms. The van der Waals surface area contributed by atoms with Crippen molar-refractivity contribution in [1.82, 2.24) is 0 Å². The van der Waals surface area contributed by atoms with Crippen LogP contribution >= 0.6 is 11.3 Å². The maximum absolute atomic E-state index is 11.8. The summed E-state index contributed by atoms with van der Waals surface area (Å²) in [4.78, 5) is 13.1. The predicted molar refractivity (Wildman–Crippen MR) is 77.3 cm³/mol. The van der Waals surface area contributed by atoms with Gasteiger partial charge in [0.25, 0.3) is 0 Å². The van der Waals surface area contributed by atoms with Gasteiger partial charge in [-0.25, -0.2) is 4.79 Å². The van der Waals surface area contributed by atoms with Gasteiger partial charge in [-0.05, 0) is 39.7 Å². The molecule has 18 heavy (non-hydrogen) atoms. The van der Waals surface area contributed by atoms with Crippen LogP contribution in [0.1, 0.15) is 68.6 Å². The number of carbonyl (C=O) groups excluding carboxylic acids is 1. The van der Waals surface area contributed by atoms with Crippen LogP contribution in [0.4, 0.5) is 0 Å². The van der Waals surface area contributed by atoms with Crippen molar-refractivity contribution >= 4 is 17.3 Å². The van der Waals surface area contributed by atoms with E-state index in [1.807, 2.05) is 32.2 Å². The highest BCUT2D eigenvalue weighted by atomic mass is 32.1. The monoisotopic (exact) mass is 268 g/mol. The molecule has 0 aliphatic rings. The molecule has 0 bridgehead atoms. The summed E-state index contributed by atoms with van der Waals surface area (Å²) in [5.41, 5.74) is 0.278. The van der Waals surface area contributed by atoms with Gasteiger partial charge in [-0.1, -0.05) is 26.2 Å². The number of thiophene rings is 1. The molecule has 0 aromatic carbocycles. The summed E-state index contributed by atoms with van der Waals surface area (Å²) in [7, 11) is 0. The minimum absolute atomic E-state index is 0.210. The molecule has 1 aromatic heterocycles. The first-order valence-electron chi connectivity index (χ1n) is 6.73. The number of aryl methyl sites for hydroxylation is 1. The molecular formula is C15H24O2S. The molecule has 0 aliphatic heterocycles. The van der Waals surface area contributed by atoms with E-state index >= 15 is 0 Å². The number of rotatable bonds is 6. The number of hydrogen-bond acceptors (Lipinski definition) is 3. The number of hydrogen-bond donors (Lipinski definition) is 0. The van der Waals surface area contributed by atoms with E-state index in [0.717, 1.165) is 6.42 Å². The fourth-order valence-electron chi connectivity index (χ4n) is 1.68. The molecule has 0 amide bonds. The number of ether oxygens (including phenoxy) is 1. The van der Waals surface area contributed by atoms with E-state index < -0.39 is 5.60 Å². The van der Waals surface area contributed by atoms with E-state index in [4.69, 9.17) is 4.74 Å². The lowest BCUT2D eigenvalue weighted by Crippen LogP contribution is -2.23. The first kappa shape index (κ1) is 15.2. The summed E-state index contributed by atoms with van der Waals surface area (Å²) in [6, 6.07) is 1.98. The Balaban J connectivity index is 2.45. The Labute approximate surface area is 114 Å². The Morgan fingerprint density at radius 3 is 2.61 bits per heavy atom. The van der Waals surface area contributed by atoms with E-state index in [-0.39, 0.29) is 5.97 Å². The summed E-state index contributed by atoms with van der Waals surface area (Å²) < 4.78 is 5.35. The molecule has 0 unspecified atom stereocenters. The molecule has 3 heteroatoms. The summed E-state index contributed by atoms with van der Waals surface area (Å²) in [6.07, 6.45) is 6.11. The first-order valence-corrected chi connectivity index (χ1v) is 7.61. The SMILES string of the molecule is CCCCCCc1cc(C(=O)OC(C)(C)C)cs1. The van der Waals surface area contributed by atoms with Crippen LogP contribution in [0.3, 0.4) is 0 Å². The van der Waals surface area contributed by atoms with E-state index in [0.29, 0.717) is 5.56 Å². The highest BCUT2D eigenvalue weighted by Gasteiger charge is 2.18. The van der Waals surface area contributed by atoms with Gasteiger partial charge < -0.3 is 4.74 Å². The van der Waals surface area contributed by atoms with Gasteiger partial charge in [0, 0.05) is 10.3 Å². The standard InChI is InChI=1S/C15H24O2S/c1-5-6-7-8-9-13-10-12(11-18-13)14(16)17-15(2,3)4/h10-11H,5-9H2,1-4H3. The van der Waals surface area contributed by atoms with Crippen LogP contribution in [0.15, 0.2) is 11.4 Å². The van der Waals surface area contributed by atoms with Gasteiger partial charge in [0.1, 0.15) is 5.60 Å². The van der Waals surface area contributed by atoms with E-state index in [1.54, 1.807) is 11.3 Å². The second-order valence-electron chi connectivity index (χ2n) is 5.61. The fourth-order valence-corrected chi connectivity index (χ4v) is 2.58. The average molecular weight is 268 g/mol. The normalized spacial score (nSPS) is 11.6. The summed E-state index contributed by atoms with van der Waals surface area (Å²) in [6.45, 7) is 7.89. The van der Waals surface area contributed by atoms with Gasteiger partial charge in [0.15, 0.2) is 0 Å². The van der Waals surface area contributed by atoms with E-state index in [9.17, 15) is 4.79 Å². The van der Waals surface area contributed by atoms with Crippen molar-refractivity contribution < 1.29 is 9.53 Å².